The lowest BCUT2D eigenvalue weighted by atomic mass is 10.1. The molecule has 2 aliphatic heterocycles. The minimum Gasteiger partial charge on any atom is -0.491 e. The summed E-state index contributed by atoms with van der Waals surface area (Å²) in [5, 5.41) is 20.6. The van der Waals surface area contributed by atoms with Gasteiger partial charge in [-0.2, -0.15) is 5.26 Å². The van der Waals surface area contributed by atoms with Gasteiger partial charge in [0.25, 0.3) is 0 Å². The summed E-state index contributed by atoms with van der Waals surface area (Å²) < 4.78 is 31.1. The predicted octanol–water partition coefficient (Wildman–Crippen LogP) is 6.57. The van der Waals surface area contributed by atoms with Gasteiger partial charge < -0.3 is 30.2 Å². The van der Waals surface area contributed by atoms with Gasteiger partial charge in [0.1, 0.15) is 30.0 Å². The second kappa shape index (κ2) is 16.6. The van der Waals surface area contributed by atoms with Crippen LogP contribution in [0.1, 0.15) is 30.4 Å². The van der Waals surface area contributed by atoms with Crippen molar-refractivity contribution in [1.82, 2.24) is 15.2 Å². The number of halogens is 2. The molecule has 12 heteroatoms. The highest BCUT2D eigenvalue weighted by Crippen LogP contribution is 2.37. The fourth-order valence-electron chi connectivity index (χ4n) is 5.83. The zero-order valence-electron chi connectivity index (χ0n) is 27.0. The fraction of sp³-hybridized carbons (Fsp3) is 0.324. The van der Waals surface area contributed by atoms with E-state index in [0.717, 1.165) is 58.7 Å². The van der Waals surface area contributed by atoms with Gasteiger partial charge in [0, 0.05) is 55.1 Å². The van der Waals surface area contributed by atoms with E-state index in [4.69, 9.17) is 25.8 Å². The third-order valence-corrected chi connectivity index (χ3v) is 8.69. The molecule has 1 aromatic heterocycles. The monoisotopic (exact) mass is 684 g/mol. The number of fused-ring (bicyclic) bond motifs is 1. The van der Waals surface area contributed by atoms with Gasteiger partial charge in [-0.25, -0.2) is 4.39 Å². The van der Waals surface area contributed by atoms with Gasteiger partial charge in [-0.3, -0.25) is 14.7 Å². The first kappa shape index (κ1) is 34.1. The summed E-state index contributed by atoms with van der Waals surface area (Å²) in [6, 6.07) is 17.3. The number of nitrogens with zero attached hydrogens (tertiary/aromatic N) is 3. The second-order valence-electron chi connectivity index (χ2n) is 11.9. The maximum atomic E-state index is 13.6. The zero-order valence-corrected chi connectivity index (χ0v) is 27.8. The average molecular weight is 685 g/mol. The van der Waals surface area contributed by atoms with Crippen LogP contribution in [-0.4, -0.2) is 67.8 Å². The van der Waals surface area contributed by atoms with Crippen LogP contribution in [0.5, 0.6) is 11.5 Å². The third-order valence-electron chi connectivity index (χ3n) is 8.39. The highest BCUT2D eigenvalue weighted by atomic mass is 35.5. The van der Waals surface area contributed by atoms with E-state index in [0.29, 0.717) is 62.2 Å². The van der Waals surface area contributed by atoms with E-state index in [1.54, 1.807) is 48.5 Å². The Morgan fingerprint density at radius 3 is 2.82 bits per heavy atom. The lowest BCUT2D eigenvalue weighted by Gasteiger charge is -2.26. The molecule has 0 saturated carbocycles. The molecule has 2 aliphatic rings. The molecule has 3 N–H and O–H groups in total. The Labute approximate surface area is 289 Å². The molecular formula is C37H38ClFN6O4. The van der Waals surface area contributed by atoms with E-state index in [-0.39, 0.29) is 24.4 Å². The fourth-order valence-corrected chi connectivity index (χ4v) is 6.07. The minimum absolute atomic E-state index is 0.149. The van der Waals surface area contributed by atoms with E-state index in [2.05, 4.69) is 31.9 Å². The molecule has 0 bridgehead atoms. The van der Waals surface area contributed by atoms with Crippen molar-refractivity contribution in [3.63, 3.8) is 0 Å². The zero-order chi connectivity index (χ0) is 34.0. The van der Waals surface area contributed by atoms with Gasteiger partial charge >= 0.3 is 0 Å². The van der Waals surface area contributed by atoms with Gasteiger partial charge in [-0.1, -0.05) is 29.8 Å². The highest BCUT2D eigenvalue weighted by Gasteiger charge is 2.17. The molecule has 4 aromatic rings. The number of aromatic nitrogens is 1. The summed E-state index contributed by atoms with van der Waals surface area (Å²) in [7, 11) is 0. The standard InChI is InChI=1S/C37H38ClFN6O4/c38-31-19-29(7-9-34(31)49-24-25-4-1-5-27(39)18-25)43-37-26(22-40)23-42-32-21-35(48-15-3-12-45-13-16-47-17-14-45)33(20-30(32)37)44-36(46)10-8-28-6-2-11-41-28/h1,4-5,7-10,18-21,23,28,41H,2-3,6,11-17,24H2,(H,42,43)(H,44,46)/b10-8+. The number of nitrogens with one attached hydrogen (secondary N) is 3. The Bertz CT molecular complexity index is 1850. The molecule has 49 heavy (non-hydrogen) atoms. The Morgan fingerprint density at radius 1 is 1.16 bits per heavy atom. The number of carbonyl (C=O) groups excluding carboxylic acids is 1. The number of anilines is 3. The maximum absolute atomic E-state index is 13.6. The first-order valence-electron chi connectivity index (χ1n) is 16.4. The van der Waals surface area contributed by atoms with Crippen molar-refractivity contribution < 1.29 is 23.4 Å². The summed E-state index contributed by atoms with van der Waals surface area (Å²) >= 11 is 6.57. The van der Waals surface area contributed by atoms with Crippen LogP contribution < -0.4 is 25.4 Å². The molecule has 1 amide bonds. The Kier molecular flexibility index (Phi) is 11.6. The molecule has 0 aliphatic carbocycles. The van der Waals surface area contributed by atoms with E-state index in [9.17, 15) is 14.4 Å². The molecule has 0 spiro atoms. The second-order valence-corrected chi connectivity index (χ2v) is 12.3. The number of rotatable bonds is 13. The largest absolute Gasteiger partial charge is 0.491 e. The van der Waals surface area contributed by atoms with Crippen LogP contribution in [-0.2, 0) is 16.1 Å². The molecule has 1 unspecified atom stereocenters. The number of hydrogen-bond acceptors (Lipinski definition) is 9. The molecular weight excluding hydrogens is 647 g/mol. The van der Waals surface area contributed by atoms with Crippen molar-refractivity contribution in [2.24, 2.45) is 0 Å². The molecule has 0 radical (unpaired) electrons. The number of benzene rings is 3. The van der Waals surface area contributed by atoms with Crippen LogP contribution in [0, 0.1) is 17.1 Å². The number of morpholine rings is 1. The van der Waals surface area contributed by atoms with Gasteiger partial charge in [0.2, 0.25) is 5.91 Å². The lowest BCUT2D eigenvalue weighted by molar-refractivity contribution is -0.111. The topological polar surface area (TPSA) is 121 Å². The smallest absolute Gasteiger partial charge is 0.248 e. The molecule has 10 nitrogen and oxygen atoms in total. The molecule has 3 aromatic carbocycles. The molecule has 3 heterocycles. The molecule has 1 atom stereocenters. The Balaban J connectivity index is 1.24. The van der Waals surface area contributed by atoms with Crippen LogP contribution >= 0.6 is 11.6 Å². The van der Waals surface area contributed by atoms with Crippen LogP contribution in [0.4, 0.5) is 21.5 Å². The number of carbonyl (C=O) groups is 1. The first-order valence-corrected chi connectivity index (χ1v) is 16.8. The van der Waals surface area contributed by atoms with Crippen molar-refractivity contribution in [2.45, 2.75) is 31.9 Å². The summed E-state index contributed by atoms with van der Waals surface area (Å²) in [6.45, 7) is 5.68. The van der Waals surface area contributed by atoms with Gasteiger partial charge in [-0.05, 0) is 67.8 Å². The Hall–Kier alpha value is -4.73. The number of nitriles is 1. The van der Waals surface area contributed by atoms with Crippen LogP contribution in [0.15, 0.2) is 72.9 Å². The normalized spacial score (nSPS) is 16.5. The van der Waals surface area contributed by atoms with Crippen LogP contribution in [0.25, 0.3) is 10.9 Å². The SMILES string of the molecule is N#Cc1cnc2cc(OCCCN3CCOCC3)c(NC(=O)/C=C/C3CCCN3)cc2c1Nc1ccc(OCc2cccc(F)c2)c(Cl)c1. The van der Waals surface area contributed by atoms with Crippen molar-refractivity contribution in [3.05, 3.63) is 94.9 Å². The number of amides is 1. The number of pyridine rings is 1. The highest BCUT2D eigenvalue weighted by molar-refractivity contribution is 6.32. The van der Waals surface area contributed by atoms with E-state index < -0.39 is 0 Å². The number of hydrogen-bond donors (Lipinski definition) is 3. The molecule has 2 fully saturated rings. The quantitative estimate of drug-likeness (QED) is 0.106. The number of ether oxygens (including phenoxy) is 3. The minimum atomic E-state index is -0.340. The van der Waals surface area contributed by atoms with Crippen LogP contribution in [0.2, 0.25) is 5.02 Å². The van der Waals surface area contributed by atoms with Gasteiger partial charge in [0.15, 0.2) is 0 Å². The van der Waals surface area contributed by atoms with Gasteiger partial charge in [-0.15, -0.1) is 0 Å². The summed E-state index contributed by atoms with van der Waals surface area (Å²) in [4.78, 5) is 20.0. The van der Waals surface area contributed by atoms with Crippen molar-refractivity contribution in [1.29, 1.82) is 5.26 Å². The predicted molar refractivity (Wildman–Crippen MR) is 188 cm³/mol. The van der Waals surface area contributed by atoms with E-state index >= 15 is 0 Å². The van der Waals surface area contributed by atoms with Gasteiger partial charge in [0.05, 0.1) is 47.3 Å². The molecule has 254 valence electrons. The van der Waals surface area contributed by atoms with Crippen LogP contribution in [0.3, 0.4) is 0 Å². The molecule has 2 saturated heterocycles. The van der Waals surface area contributed by atoms with Crippen molar-refractivity contribution >= 4 is 45.5 Å². The van der Waals surface area contributed by atoms with E-state index in [1.807, 2.05) is 6.08 Å². The molecule has 6 rings (SSSR count). The summed E-state index contributed by atoms with van der Waals surface area (Å²) in [6.07, 6.45) is 7.78. The summed E-state index contributed by atoms with van der Waals surface area (Å²) in [5.74, 6) is 0.289. The average Bonchev–Trinajstić information content (AvgIpc) is 3.64. The first-order chi connectivity index (χ1) is 23.9. The summed E-state index contributed by atoms with van der Waals surface area (Å²) in [5.41, 5.74) is 3.12. The van der Waals surface area contributed by atoms with Crippen molar-refractivity contribution in [3.8, 4) is 17.6 Å². The van der Waals surface area contributed by atoms with E-state index in [1.165, 1.54) is 18.3 Å². The maximum Gasteiger partial charge on any atom is 0.248 e. The van der Waals surface area contributed by atoms with Crippen molar-refractivity contribution in [2.75, 3.05) is 56.6 Å². The lowest BCUT2D eigenvalue weighted by Crippen LogP contribution is -2.37. The Morgan fingerprint density at radius 2 is 2.04 bits per heavy atom. The third kappa shape index (κ3) is 9.25.